The lowest BCUT2D eigenvalue weighted by molar-refractivity contribution is -0.113. The SMILES string of the molecule is Cc1cc(C)cc(NC(=O)CSc2nnc(-c3cc(-c4ccccc4)nc4ccccc34)n2C)c1. The van der Waals surface area contributed by atoms with Crippen LogP contribution in [0.2, 0.25) is 0 Å². The first-order valence-corrected chi connectivity index (χ1v) is 12.3. The number of rotatable bonds is 6. The van der Waals surface area contributed by atoms with Crippen LogP contribution in [0, 0.1) is 13.8 Å². The molecule has 0 radical (unpaired) electrons. The molecule has 0 aliphatic rings. The van der Waals surface area contributed by atoms with Gasteiger partial charge in [-0.15, -0.1) is 10.2 Å². The van der Waals surface area contributed by atoms with Crippen LogP contribution in [-0.2, 0) is 11.8 Å². The van der Waals surface area contributed by atoms with Gasteiger partial charge in [-0.3, -0.25) is 4.79 Å². The average Bonchev–Trinajstić information content (AvgIpc) is 3.22. The van der Waals surface area contributed by atoms with E-state index in [4.69, 9.17) is 4.98 Å². The monoisotopic (exact) mass is 479 g/mol. The normalized spacial score (nSPS) is 11.1. The number of pyridine rings is 1. The second-order valence-corrected chi connectivity index (χ2v) is 9.46. The molecule has 0 spiro atoms. The van der Waals surface area contributed by atoms with Gasteiger partial charge >= 0.3 is 0 Å². The number of anilines is 1. The molecule has 7 heteroatoms. The summed E-state index contributed by atoms with van der Waals surface area (Å²) in [5, 5.41) is 13.5. The third-order valence-electron chi connectivity index (χ3n) is 5.70. The van der Waals surface area contributed by atoms with E-state index in [9.17, 15) is 4.79 Å². The van der Waals surface area contributed by atoms with Crippen molar-refractivity contribution in [3.63, 3.8) is 0 Å². The number of carbonyl (C=O) groups is 1. The number of aromatic nitrogens is 4. The van der Waals surface area contributed by atoms with E-state index in [1.54, 1.807) is 0 Å². The zero-order chi connectivity index (χ0) is 24.4. The van der Waals surface area contributed by atoms with Crippen LogP contribution in [0.1, 0.15) is 11.1 Å². The molecule has 1 amide bonds. The Morgan fingerprint density at radius 2 is 1.63 bits per heavy atom. The summed E-state index contributed by atoms with van der Waals surface area (Å²) < 4.78 is 1.94. The number of carbonyl (C=O) groups excluding carboxylic acids is 1. The molecule has 174 valence electrons. The van der Waals surface area contributed by atoms with Gasteiger partial charge in [0.25, 0.3) is 0 Å². The second kappa shape index (κ2) is 9.72. The molecule has 5 aromatic rings. The topological polar surface area (TPSA) is 72.7 Å². The van der Waals surface area contributed by atoms with Gasteiger partial charge in [-0.2, -0.15) is 0 Å². The quantitative estimate of drug-likeness (QED) is 0.300. The standard InChI is InChI=1S/C28H25N5OS/c1-18-13-19(2)15-21(14-18)29-26(34)17-35-28-32-31-27(33(28)3)23-16-25(20-9-5-4-6-10-20)30-24-12-8-7-11-22(23)24/h4-16H,17H2,1-3H3,(H,29,34). The lowest BCUT2D eigenvalue weighted by Crippen LogP contribution is -2.14. The van der Waals surface area contributed by atoms with E-state index in [2.05, 4.69) is 27.6 Å². The van der Waals surface area contributed by atoms with Crippen molar-refractivity contribution in [2.45, 2.75) is 19.0 Å². The van der Waals surface area contributed by atoms with Crippen molar-refractivity contribution < 1.29 is 4.79 Å². The molecule has 0 saturated carbocycles. The van der Waals surface area contributed by atoms with E-state index in [0.29, 0.717) is 5.16 Å². The molecule has 1 N–H and O–H groups in total. The molecule has 0 bridgehead atoms. The van der Waals surface area contributed by atoms with Gasteiger partial charge < -0.3 is 9.88 Å². The highest BCUT2D eigenvalue weighted by molar-refractivity contribution is 7.99. The summed E-state index contributed by atoms with van der Waals surface area (Å²) in [5.41, 5.74) is 6.81. The molecule has 0 atom stereocenters. The van der Waals surface area contributed by atoms with Crippen molar-refractivity contribution in [2.24, 2.45) is 7.05 Å². The van der Waals surface area contributed by atoms with Gasteiger partial charge in [-0.1, -0.05) is 66.4 Å². The van der Waals surface area contributed by atoms with E-state index in [-0.39, 0.29) is 11.7 Å². The maximum atomic E-state index is 12.6. The molecule has 35 heavy (non-hydrogen) atoms. The van der Waals surface area contributed by atoms with Crippen LogP contribution in [0.3, 0.4) is 0 Å². The number of benzene rings is 3. The highest BCUT2D eigenvalue weighted by Crippen LogP contribution is 2.32. The Hall–Kier alpha value is -3.97. The Labute approximate surface area is 208 Å². The molecular weight excluding hydrogens is 454 g/mol. The highest BCUT2D eigenvalue weighted by atomic mass is 32.2. The maximum Gasteiger partial charge on any atom is 0.234 e. The van der Waals surface area contributed by atoms with Crippen molar-refractivity contribution >= 4 is 34.3 Å². The zero-order valence-corrected chi connectivity index (χ0v) is 20.6. The molecule has 5 rings (SSSR count). The molecule has 0 aliphatic heterocycles. The summed E-state index contributed by atoms with van der Waals surface area (Å²) in [6.07, 6.45) is 0. The first kappa shape index (κ1) is 22.8. The Morgan fingerprint density at radius 1 is 0.914 bits per heavy atom. The van der Waals surface area contributed by atoms with Gasteiger partial charge in [0.05, 0.1) is 17.0 Å². The fraction of sp³-hybridized carbons (Fsp3) is 0.143. The number of nitrogens with one attached hydrogen (secondary N) is 1. The fourth-order valence-corrected chi connectivity index (χ4v) is 4.88. The van der Waals surface area contributed by atoms with Crippen molar-refractivity contribution in [2.75, 3.05) is 11.1 Å². The molecule has 2 heterocycles. The van der Waals surface area contributed by atoms with Crippen molar-refractivity contribution in [3.8, 4) is 22.6 Å². The van der Waals surface area contributed by atoms with Gasteiger partial charge in [-0.05, 0) is 49.2 Å². The summed E-state index contributed by atoms with van der Waals surface area (Å²) in [6, 6.07) is 26.2. The average molecular weight is 480 g/mol. The van der Waals surface area contributed by atoms with Crippen LogP contribution in [0.5, 0.6) is 0 Å². The maximum absolute atomic E-state index is 12.6. The predicted octanol–water partition coefficient (Wildman–Crippen LogP) is 6.04. The number of aryl methyl sites for hydroxylation is 2. The van der Waals surface area contributed by atoms with Gasteiger partial charge in [0, 0.05) is 29.2 Å². The predicted molar refractivity (Wildman–Crippen MR) is 142 cm³/mol. The molecule has 2 aromatic heterocycles. The van der Waals surface area contributed by atoms with Crippen LogP contribution in [-0.4, -0.2) is 31.4 Å². The molecule has 0 saturated heterocycles. The lowest BCUT2D eigenvalue weighted by atomic mass is 10.0. The summed E-state index contributed by atoms with van der Waals surface area (Å²) in [5.74, 6) is 0.897. The number of hydrogen-bond acceptors (Lipinski definition) is 5. The largest absolute Gasteiger partial charge is 0.325 e. The summed E-state index contributed by atoms with van der Waals surface area (Å²) in [4.78, 5) is 17.4. The minimum absolute atomic E-state index is 0.0784. The molecule has 0 fully saturated rings. The van der Waals surface area contributed by atoms with Crippen LogP contribution >= 0.6 is 11.8 Å². The van der Waals surface area contributed by atoms with Gasteiger partial charge in [0.15, 0.2) is 11.0 Å². The van der Waals surface area contributed by atoms with Crippen LogP contribution < -0.4 is 5.32 Å². The van der Waals surface area contributed by atoms with Crippen LogP contribution in [0.25, 0.3) is 33.5 Å². The first-order valence-electron chi connectivity index (χ1n) is 11.3. The first-order chi connectivity index (χ1) is 17.0. The van der Waals surface area contributed by atoms with Crippen LogP contribution in [0.15, 0.2) is 84.0 Å². The van der Waals surface area contributed by atoms with Crippen molar-refractivity contribution in [1.82, 2.24) is 19.7 Å². The Balaban J connectivity index is 1.41. The van der Waals surface area contributed by atoms with Gasteiger partial charge in [0.1, 0.15) is 0 Å². The Morgan fingerprint density at radius 3 is 2.40 bits per heavy atom. The molecule has 3 aromatic carbocycles. The minimum Gasteiger partial charge on any atom is -0.325 e. The van der Waals surface area contributed by atoms with Crippen LogP contribution in [0.4, 0.5) is 5.69 Å². The van der Waals surface area contributed by atoms with E-state index >= 15 is 0 Å². The van der Waals surface area contributed by atoms with E-state index in [1.807, 2.05) is 92.2 Å². The summed E-state index contributed by atoms with van der Waals surface area (Å²) in [7, 11) is 1.93. The molecule has 6 nitrogen and oxygen atoms in total. The number of hydrogen-bond donors (Lipinski definition) is 1. The summed E-state index contributed by atoms with van der Waals surface area (Å²) in [6.45, 7) is 4.04. The Kier molecular flexibility index (Phi) is 6.33. The number of nitrogens with zero attached hydrogens (tertiary/aromatic N) is 4. The van der Waals surface area contributed by atoms with Crippen molar-refractivity contribution in [3.05, 3.63) is 90.0 Å². The van der Waals surface area contributed by atoms with Crippen molar-refractivity contribution in [1.29, 1.82) is 0 Å². The molecule has 0 aliphatic carbocycles. The summed E-state index contributed by atoms with van der Waals surface area (Å²) >= 11 is 1.37. The van der Waals surface area contributed by atoms with E-state index < -0.39 is 0 Å². The van der Waals surface area contributed by atoms with E-state index in [1.165, 1.54) is 11.8 Å². The number of fused-ring (bicyclic) bond motifs is 1. The lowest BCUT2D eigenvalue weighted by Gasteiger charge is -2.10. The number of thioether (sulfide) groups is 1. The fourth-order valence-electron chi connectivity index (χ4n) is 4.17. The third kappa shape index (κ3) is 4.95. The molecular formula is C28H25N5OS. The van der Waals surface area contributed by atoms with E-state index in [0.717, 1.165) is 50.4 Å². The minimum atomic E-state index is -0.0784. The highest BCUT2D eigenvalue weighted by Gasteiger charge is 2.17. The Bertz CT molecular complexity index is 1510. The third-order valence-corrected chi connectivity index (χ3v) is 6.72. The number of para-hydroxylation sites is 1. The smallest absolute Gasteiger partial charge is 0.234 e. The number of amides is 1. The van der Waals surface area contributed by atoms with Gasteiger partial charge in [0.2, 0.25) is 5.91 Å². The van der Waals surface area contributed by atoms with Gasteiger partial charge in [-0.25, -0.2) is 4.98 Å². The zero-order valence-electron chi connectivity index (χ0n) is 19.8. The second-order valence-electron chi connectivity index (χ2n) is 8.52. The molecule has 0 unspecified atom stereocenters.